The standard InChI is InChI=1S/C15H13ClN2O2S/c16-13-8-2-4-10-15(13)21(19,20)18-14-9-3-1-6-12(14)7-5-11-17/h1-4,6,8-10,18H,11,17H2. The van der Waals surface area contributed by atoms with Crippen molar-refractivity contribution in [2.45, 2.75) is 4.90 Å². The quantitative estimate of drug-likeness (QED) is 0.853. The van der Waals surface area contributed by atoms with Crippen LogP contribution in [-0.2, 0) is 10.0 Å². The van der Waals surface area contributed by atoms with E-state index in [0.29, 0.717) is 11.3 Å². The summed E-state index contributed by atoms with van der Waals surface area (Å²) < 4.78 is 27.3. The summed E-state index contributed by atoms with van der Waals surface area (Å²) in [5.74, 6) is 5.53. The van der Waals surface area contributed by atoms with Gasteiger partial charge >= 0.3 is 0 Å². The Labute approximate surface area is 129 Å². The number of anilines is 1. The van der Waals surface area contributed by atoms with Crippen LogP contribution >= 0.6 is 11.6 Å². The number of hydrogen-bond acceptors (Lipinski definition) is 3. The molecule has 0 aromatic heterocycles. The van der Waals surface area contributed by atoms with Crippen LogP contribution in [0.2, 0.25) is 5.02 Å². The summed E-state index contributed by atoms with van der Waals surface area (Å²) in [6.45, 7) is 0.200. The number of halogens is 1. The van der Waals surface area contributed by atoms with Crippen molar-refractivity contribution in [1.29, 1.82) is 0 Å². The summed E-state index contributed by atoms with van der Waals surface area (Å²) in [6.07, 6.45) is 0. The maximum atomic E-state index is 12.4. The van der Waals surface area contributed by atoms with E-state index in [9.17, 15) is 8.42 Å². The topological polar surface area (TPSA) is 72.2 Å². The predicted molar refractivity (Wildman–Crippen MR) is 84.6 cm³/mol. The first-order chi connectivity index (χ1) is 10.0. The van der Waals surface area contributed by atoms with Gasteiger partial charge in [0.25, 0.3) is 10.0 Å². The van der Waals surface area contributed by atoms with Gasteiger partial charge in [-0.3, -0.25) is 4.72 Å². The molecule has 2 aromatic carbocycles. The van der Waals surface area contributed by atoms with E-state index in [4.69, 9.17) is 17.3 Å². The van der Waals surface area contributed by atoms with Gasteiger partial charge in [0, 0.05) is 5.56 Å². The second kappa shape index (κ2) is 6.64. The Kier molecular flexibility index (Phi) is 4.86. The monoisotopic (exact) mass is 320 g/mol. The van der Waals surface area contributed by atoms with Gasteiger partial charge in [0.05, 0.1) is 17.3 Å². The number of sulfonamides is 1. The fraction of sp³-hybridized carbons (Fsp3) is 0.0667. The van der Waals surface area contributed by atoms with Crippen LogP contribution in [0.4, 0.5) is 5.69 Å². The number of nitrogens with two attached hydrogens (primary N) is 1. The molecule has 0 atom stereocenters. The van der Waals surface area contributed by atoms with Crippen molar-refractivity contribution in [3.63, 3.8) is 0 Å². The van der Waals surface area contributed by atoms with Crippen LogP contribution in [0.1, 0.15) is 5.56 Å². The summed E-state index contributed by atoms with van der Waals surface area (Å²) in [5.41, 5.74) is 6.28. The Morgan fingerprint density at radius 3 is 2.48 bits per heavy atom. The van der Waals surface area contributed by atoms with E-state index in [1.165, 1.54) is 12.1 Å². The fourth-order valence-electron chi connectivity index (χ4n) is 1.69. The van der Waals surface area contributed by atoms with Crippen molar-refractivity contribution >= 4 is 27.3 Å². The van der Waals surface area contributed by atoms with E-state index in [-0.39, 0.29) is 16.5 Å². The average Bonchev–Trinajstić information content (AvgIpc) is 2.46. The van der Waals surface area contributed by atoms with Gasteiger partial charge in [0.2, 0.25) is 0 Å². The third-order valence-electron chi connectivity index (χ3n) is 2.62. The molecule has 0 spiro atoms. The molecule has 0 aliphatic carbocycles. The van der Waals surface area contributed by atoms with E-state index in [1.807, 2.05) is 0 Å². The van der Waals surface area contributed by atoms with E-state index < -0.39 is 10.0 Å². The Morgan fingerprint density at radius 1 is 1.10 bits per heavy atom. The van der Waals surface area contributed by atoms with Crippen LogP contribution < -0.4 is 10.5 Å². The molecule has 21 heavy (non-hydrogen) atoms. The number of nitrogens with one attached hydrogen (secondary N) is 1. The van der Waals surface area contributed by atoms with Crippen LogP contribution in [-0.4, -0.2) is 15.0 Å². The van der Waals surface area contributed by atoms with Gasteiger partial charge in [-0.1, -0.05) is 47.7 Å². The molecular weight excluding hydrogens is 308 g/mol. The Bertz CT molecular complexity index is 808. The highest BCUT2D eigenvalue weighted by molar-refractivity contribution is 7.92. The van der Waals surface area contributed by atoms with Crippen LogP contribution in [0.5, 0.6) is 0 Å². The minimum atomic E-state index is -3.77. The zero-order valence-corrected chi connectivity index (χ0v) is 12.6. The highest BCUT2D eigenvalue weighted by Crippen LogP contribution is 2.24. The Balaban J connectivity index is 2.40. The molecule has 0 bridgehead atoms. The first-order valence-electron chi connectivity index (χ1n) is 6.10. The number of para-hydroxylation sites is 1. The van der Waals surface area contributed by atoms with Gasteiger partial charge in [0.1, 0.15) is 4.90 Å². The van der Waals surface area contributed by atoms with Crippen molar-refractivity contribution in [3.05, 3.63) is 59.1 Å². The lowest BCUT2D eigenvalue weighted by Crippen LogP contribution is -2.14. The molecule has 3 N–H and O–H groups in total. The lowest BCUT2D eigenvalue weighted by Gasteiger charge is -2.10. The third-order valence-corrected chi connectivity index (χ3v) is 4.49. The molecule has 0 unspecified atom stereocenters. The molecule has 0 aliphatic heterocycles. The lowest BCUT2D eigenvalue weighted by atomic mass is 10.2. The van der Waals surface area contributed by atoms with Crippen molar-refractivity contribution < 1.29 is 8.42 Å². The second-order valence-electron chi connectivity index (χ2n) is 4.09. The normalized spacial score (nSPS) is 10.6. The van der Waals surface area contributed by atoms with Gasteiger partial charge < -0.3 is 5.73 Å². The molecule has 0 amide bonds. The second-order valence-corrected chi connectivity index (χ2v) is 6.15. The third kappa shape index (κ3) is 3.76. The van der Waals surface area contributed by atoms with E-state index in [2.05, 4.69) is 16.6 Å². The lowest BCUT2D eigenvalue weighted by molar-refractivity contribution is 0.601. The minimum Gasteiger partial charge on any atom is -0.320 e. The van der Waals surface area contributed by atoms with Gasteiger partial charge in [-0.2, -0.15) is 0 Å². The van der Waals surface area contributed by atoms with Crippen molar-refractivity contribution in [1.82, 2.24) is 0 Å². The first-order valence-corrected chi connectivity index (χ1v) is 7.96. The molecule has 0 saturated carbocycles. The van der Waals surface area contributed by atoms with Crippen LogP contribution in [0, 0.1) is 11.8 Å². The largest absolute Gasteiger partial charge is 0.320 e. The number of rotatable bonds is 3. The highest BCUT2D eigenvalue weighted by Gasteiger charge is 2.18. The van der Waals surface area contributed by atoms with E-state index >= 15 is 0 Å². The SMILES string of the molecule is NCC#Cc1ccccc1NS(=O)(=O)c1ccccc1Cl. The van der Waals surface area contributed by atoms with Crippen molar-refractivity contribution in [2.75, 3.05) is 11.3 Å². The predicted octanol–water partition coefficient (Wildman–Crippen LogP) is 2.45. The Morgan fingerprint density at radius 2 is 1.76 bits per heavy atom. The summed E-state index contributed by atoms with van der Waals surface area (Å²) in [7, 11) is -3.77. The number of benzene rings is 2. The summed E-state index contributed by atoms with van der Waals surface area (Å²) in [6, 6.07) is 13.1. The van der Waals surface area contributed by atoms with Gasteiger partial charge in [-0.05, 0) is 24.3 Å². The van der Waals surface area contributed by atoms with Crippen LogP contribution in [0.3, 0.4) is 0 Å². The molecule has 0 heterocycles. The molecule has 0 saturated heterocycles. The molecule has 0 fully saturated rings. The molecule has 2 rings (SSSR count). The maximum absolute atomic E-state index is 12.4. The zero-order valence-electron chi connectivity index (χ0n) is 11.0. The Hall–Kier alpha value is -2.00. The van der Waals surface area contributed by atoms with Crippen LogP contribution in [0.25, 0.3) is 0 Å². The number of hydrogen-bond donors (Lipinski definition) is 2. The van der Waals surface area contributed by atoms with Gasteiger partial charge in [-0.25, -0.2) is 8.42 Å². The molecular formula is C15H13ClN2O2S. The molecule has 108 valence electrons. The zero-order chi connectivity index (χ0) is 15.3. The highest BCUT2D eigenvalue weighted by atomic mass is 35.5. The molecule has 0 aliphatic rings. The molecule has 0 radical (unpaired) electrons. The molecule has 4 nitrogen and oxygen atoms in total. The first kappa shape index (κ1) is 15.4. The maximum Gasteiger partial charge on any atom is 0.263 e. The molecule has 2 aromatic rings. The van der Waals surface area contributed by atoms with Crippen molar-refractivity contribution in [2.24, 2.45) is 5.73 Å². The minimum absolute atomic E-state index is 0.0215. The smallest absolute Gasteiger partial charge is 0.263 e. The van der Waals surface area contributed by atoms with Gasteiger partial charge in [-0.15, -0.1) is 0 Å². The van der Waals surface area contributed by atoms with Gasteiger partial charge in [0.15, 0.2) is 0 Å². The summed E-state index contributed by atoms with van der Waals surface area (Å²) >= 11 is 5.93. The average molecular weight is 321 g/mol. The summed E-state index contributed by atoms with van der Waals surface area (Å²) in [5, 5.41) is 0.163. The molecule has 6 heteroatoms. The fourth-order valence-corrected chi connectivity index (χ4v) is 3.29. The van der Waals surface area contributed by atoms with E-state index in [1.54, 1.807) is 36.4 Å². The van der Waals surface area contributed by atoms with Crippen LogP contribution in [0.15, 0.2) is 53.4 Å². The summed E-state index contributed by atoms with van der Waals surface area (Å²) in [4.78, 5) is 0.0215. The van der Waals surface area contributed by atoms with E-state index in [0.717, 1.165) is 0 Å². The van der Waals surface area contributed by atoms with Crippen molar-refractivity contribution in [3.8, 4) is 11.8 Å².